The fourth-order valence-corrected chi connectivity index (χ4v) is 3.86. The van der Waals surface area contributed by atoms with Crippen LogP contribution >= 0.6 is 0 Å². The Morgan fingerprint density at radius 2 is 1.38 bits per heavy atom. The summed E-state index contributed by atoms with van der Waals surface area (Å²) in [7, 11) is 0. The van der Waals surface area contributed by atoms with Crippen LogP contribution in [-0.4, -0.2) is 60.5 Å². The number of rotatable bonds is 5. The minimum Gasteiger partial charge on any atom is -0.456 e. The van der Waals surface area contributed by atoms with Crippen LogP contribution in [0.25, 0.3) is 0 Å². The van der Waals surface area contributed by atoms with Gasteiger partial charge < -0.3 is 30.0 Å². The van der Waals surface area contributed by atoms with Gasteiger partial charge in [0.05, 0.1) is 12.0 Å². The van der Waals surface area contributed by atoms with Gasteiger partial charge in [-0.3, -0.25) is 19.2 Å². The third-order valence-electron chi connectivity index (χ3n) is 5.12. The molecule has 0 spiro atoms. The van der Waals surface area contributed by atoms with Gasteiger partial charge in [-0.05, 0) is 19.8 Å². The summed E-state index contributed by atoms with van der Waals surface area (Å²) in [4.78, 5) is 47.6. The Hall–Kier alpha value is -2.20. The van der Waals surface area contributed by atoms with Crippen molar-refractivity contribution in [2.24, 2.45) is 11.7 Å². The Kier molecular flexibility index (Phi) is 7.97. The van der Waals surface area contributed by atoms with Crippen LogP contribution in [0.2, 0.25) is 0 Å². The maximum absolute atomic E-state index is 12.8. The first-order valence-corrected chi connectivity index (χ1v) is 9.83. The molecule has 1 aliphatic carbocycles. The van der Waals surface area contributed by atoms with E-state index in [-0.39, 0.29) is 17.9 Å². The lowest BCUT2D eigenvalue weighted by molar-refractivity contribution is -0.248. The van der Waals surface area contributed by atoms with E-state index in [1.54, 1.807) is 6.92 Å². The largest absolute Gasteiger partial charge is 0.456 e. The molecule has 1 heterocycles. The minimum absolute atomic E-state index is 0.269. The highest BCUT2D eigenvalue weighted by Crippen LogP contribution is 2.29. The molecule has 3 N–H and O–H groups in total. The van der Waals surface area contributed by atoms with Crippen LogP contribution < -0.4 is 11.1 Å². The summed E-state index contributed by atoms with van der Waals surface area (Å²) in [6.45, 7) is 5.18. The van der Waals surface area contributed by atoms with Crippen molar-refractivity contribution in [3.05, 3.63) is 0 Å². The molecule has 7 atom stereocenters. The van der Waals surface area contributed by atoms with Gasteiger partial charge in [0, 0.05) is 26.8 Å². The molecule has 0 aromatic rings. The average Bonchev–Trinajstić information content (AvgIpc) is 2.60. The number of ether oxygens (including phenoxy) is 4. The SMILES string of the molecule is CC(=O)O[C@@H]1[C@H](OC(C)=O)[C@H](C)O[C@@H](NC(=O)[C@H]2CCCC[C@H]2N)[C@H]1OC(C)=O. The number of nitrogens with two attached hydrogens (primary N) is 1. The van der Waals surface area contributed by atoms with Gasteiger partial charge in [0.15, 0.2) is 24.5 Å². The number of esters is 3. The summed E-state index contributed by atoms with van der Waals surface area (Å²) >= 11 is 0. The minimum atomic E-state index is -1.19. The highest BCUT2D eigenvalue weighted by atomic mass is 16.7. The van der Waals surface area contributed by atoms with E-state index in [1.807, 2.05) is 0 Å². The summed E-state index contributed by atoms with van der Waals surface area (Å²) in [5.41, 5.74) is 6.08. The van der Waals surface area contributed by atoms with Crippen LogP contribution in [0.15, 0.2) is 0 Å². The summed E-state index contributed by atoms with van der Waals surface area (Å²) in [6.07, 6.45) is -1.91. The molecule has 1 saturated carbocycles. The highest BCUT2D eigenvalue weighted by Gasteiger charge is 2.51. The first-order chi connectivity index (χ1) is 13.6. The Balaban J connectivity index is 2.26. The molecule has 10 nitrogen and oxygen atoms in total. The van der Waals surface area contributed by atoms with Crippen LogP contribution in [0.5, 0.6) is 0 Å². The fraction of sp³-hybridized carbons (Fsp3) is 0.789. The second-order valence-corrected chi connectivity index (χ2v) is 7.55. The lowest BCUT2D eigenvalue weighted by Crippen LogP contribution is -2.65. The summed E-state index contributed by atoms with van der Waals surface area (Å²) in [5.74, 6) is -2.64. The molecule has 0 aromatic heterocycles. The smallest absolute Gasteiger partial charge is 0.303 e. The van der Waals surface area contributed by atoms with E-state index in [0.29, 0.717) is 6.42 Å². The standard InChI is InChI=1S/C19H30N2O8/c1-9-15(27-10(2)22)16(28-11(3)23)17(29-12(4)24)19(26-9)21-18(25)13-7-5-6-8-14(13)20/h9,13-17,19H,5-8,20H2,1-4H3,(H,21,25)/t9-,13-,14+,15+,16+,17-,19+/m0/s1. The van der Waals surface area contributed by atoms with E-state index < -0.39 is 48.6 Å². The lowest BCUT2D eigenvalue weighted by Gasteiger charge is -2.44. The zero-order valence-electron chi connectivity index (χ0n) is 17.2. The molecular weight excluding hydrogens is 384 g/mol. The van der Waals surface area contributed by atoms with E-state index in [2.05, 4.69) is 5.32 Å². The predicted octanol–water partition coefficient (Wildman–Crippen LogP) is 0.160. The van der Waals surface area contributed by atoms with E-state index >= 15 is 0 Å². The number of nitrogens with one attached hydrogen (secondary N) is 1. The van der Waals surface area contributed by atoms with Gasteiger partial charge in [-0.25, -0.2) is 0 Å². The molecule has 1 amide bonds. The number of carbonyl (C=O) groups is 4. The molecule has 2 fully saturated rings. The maximum Gasteiger partial charge on any atom is 0.303 e. The van der Waals surface area contributed by atoms with Crippen LogP contribution in [0.3, 0.4) is 0 Å². The van der Waals surface area contributed by atoms with Gasteiger partial charge in [-0.15, -0.1) is 0 Å². The van der Waals surface area contributed by atoms with E-state index in [9.17, 15) is 19.2 Å². The van der Waals surface area contributed by atoms with Crippen molar-refractivity contribution in [2.75, 3.05) is 0 Å². The van der Waals surface area contributed by atoms with Gasteiger partial charge in [-0.1, -0.05) is 12.8 Å². The summed E-state index contributed by atoms with van der Waals surface area (Å²) in [5, 5.41) is 2.73. The molecule has 1 saturated heterocycles. The van der Waals surface area contributed by atoms with Crippen molar-refractivity contribution in [1.29, 1.82) is 0 Å². The Morgan fingerprint density at radius 1 is 0.862 bits per heavy atom. The van der Waals surface area contributed by atoms with Gasteiger partial charge >= 0.3 is 17.9 Å². The molecule has 1 aliphatic heterocycles. The number of carbonyl (C=O) groups excluding carboxylic acids is 4. The van der Waals surface area contributed by atoms with E-state index in [0.717, 1.165) is 19.3 Å². The monoisotopic (exact) mass is 414 g/mol. The first-order valence-electron chi connectivity index (χ1n) is 9.83. The number of hydrogen-bond donors (Lipinski definition) is 2. The summed E-state index contributed by atoms with van der Waals surface area (Å²) < 4.78 is 21.7. The molecule has 2 rings (SSSR count). The maximum atomic E-state index is 12.8. The van der Waals surface area contributed by atoms with Gasteiger partial charge in [0.1, 0.15) is 0 Å². The molecule has 2 aliphatic rings. The Morgan fingerprint density at radius 3 is 1.93 bits per heavy atom. The second-order valence-electron chi connectivity index (χ2n) is 7.55. The zero-order valence-corrected chi connectivity index (χ0v) is 17.2. The normalized spacial score (nSPS) is 34.6. The number of hydrogen-bond acceptors (Lipinski definition) is 9. The molecule has 0 unspecified atom stereocenters. The topological polar surface area (TPSA) is 143 Å². The average molecular weight is 414 g/mol. The molecule has 0 aromatic carbocycles. The molecule has 10 heteroatoms. The van der Waals surface area contributed by atoms with Crippen molar-refractivity contribution in [1.82, 2.24) is 5.32 Å². The lowest BCUT2D eigenvalue weighted by atomic mass is 9.84. The Bertz CT molecular complexity index is 640. The highest BCUT2D eigenvalue weighted by molar-refractivity contribution is 5.80. The third kappa shape index (κ3) is 6.14. The summed E-state index contributed by atoms with van der Waals surface area (Å²) in [6, 6.07) is -0.269. The molecule has 0 radical (unpaired) electrons. The van der Waals surface area contributed by atoms with Crippen molar-refractivity contribution in [3.8, 4) is 0 Å². The molecule has 29 heavy (non-hydrogen) atoms. The second kappa shape index (κ2) is 10.0. The van der Waals surface area contributed by atoms with Crippen molar-refractivity contribution in [2.45, 2.75) is 90.1 Å². The van der Waals surface area contributed by atoms with Crippen LogP contribution in [-0.2, 0) is 38.1 Å². The van der Waals surface area contributed by atoms with Crippen molar-refractivity contribution >= 4 is 23.8 Å². The van der Waals surface area contributed by atoms with Gasteiger partial charge in [-0.2, -0.15) is 0 Å². The predicted molar refractivity (Wildman–Crippen MR) is 99.1 cm³/mol. The quantitative estimate of drug-likeness (QED) is 0.475. The molecule has 164 valence electrons. The first kappa shape index (κ1) is 23.1. The van der Waals surface area contributed by atoms with Crippen LogP contribution in [0, 0.1) is 5.92 Å². The third-order valence-corrected chi connectivity index (χ3v) is 5.12. The molecule has 0 bridgehead atoms. The fourth-order valence-electron chi connectivity index (χ4n) is 3.86. The Labute approximate surface area is 169 Å². The van der Waals surface area contributed by atoms with Crippen molar-refractivity contribution in [3.63, 3.8) is 0 Å². The zero-order chi connectivity index (χ0) is 21.7. The van der Waals surface area contributed by atoms with Gasteiger partial charge in [0.25, 0.3) is 0 Å². The van der Waals surface area contributed by atoms with Crippen molar-refractivity contribution < 1.29 is 38.1 Å². The van der Waals surface area contributed by atoms with Crippen LogP contribution in [0.1, 0.15) is 53.4 Å². The van der Waals surface area contributed by atoms with E-state index in [1.165, 1.54) is 20.8 Å². The number of amides is 1. The van der Waals surface area contributed by atoms with Crippen LogP contribution in [0.4, 0.5) is 0 Å². The van der Waals surface area contributed by atoms with E-state index in [4.69, 9.17) is 24.7 Å². The molecular formula is C19H30N2O8. The van der Waals surface area contributed by atoms with Gasteiger partial charge in [0.2, 0.25) is 5.91 Å².